The predicted molar refractivity (Wildman–Crippen MR) is 10.0 cm³/mol. The number of hydrogen-bond acceptors (Lipinski definition) is 4. The zero-order chi connectivity index (χ0) is 5.15. The van der Waals surface area contributed by atoms with Gasteiger partial charge in [-0.3, -0.25) is 0 Å². The number of hydrogen-bond donors (Lipinski definition) is 0. The van der Waals surface area contributed by atoms with Crippen LogP contribution in [0.1, 0.15) is 0 Å². The zero-order valence-electron chi connectivity index (χ0n) is 3.99. The number of carboxylic acids is 2. The van der Waals surface area contributed by atoms with Crippen LogP contribution in [-0.4, -0.2) is 11.9 Å². The fourth-order valence-corrected chi connectivity index (χ4v) is 0. The second-order valence-electron chi connectivity index (χ2n) is 0.575. The van der Waals surface area contributed by atoms with Crippen molar-refractivity contribution in [2.75, 3.05) is 0 Å². The molecular formula is C2FeKO4+. The summed E-state index contributed by atoms with van der Waals surface area (Å²) in [6.07, 6.45) is 0. The Morgan fingerprint density at radius 2 is 1.12 bits per heavy atom. The van der Waals surface area contributed by atoms with Gasteiger partial charge in [-0.25, -0.2) is 0 Å². The van der Waals surface area contributed by atoms with Crippen molar-refractivity contribution in [2.45, 2.75) is 0 Å². The van der Waals surface area contributed by atoms with Gasteiger partial charge in [-0.15, -0.1) is 0 Å². The van der Waals surface area contributed by atoms with Crippen molar-refractivity contribution in [2.24, 2.45) is 0 Å². The molecule has 0 aromatic heterocycles. The minimum absolute atomic E-state index is 0. The topological polar surface area (TPSA) is 80.3 Å². The Bertz CT molecular complexity index is 80.0. The zero-order valence-corrected chi connectivity index (χ0v) is 8.21. The molecule has 0 aliphatic heterocycles. The van der Waals surface area contributed by atoms with E-state index in [0.717, 1.165) is 0 Å². The number of rotatable bonds is 0. The van der Waals surface area contributed by atoms with Crippen LogP contribution in [0, 0.1) is 0 Å². The molecule has 0 rings (SSSR count). The number of carbonyl (C=O) groups excluding carboxylic acids is 2. The maximum Gasteiger partial charge on any atom is 2.00 e. The van der Waals surface area contributed by atoms with Crippen LogP contribution in [0.4, 0.5) is 0 Å². The fraction of sp³-hybridized carbons (Fsp3) is 0. The van der Waals surface area contributed by atoms with Crippen molar-refractivity contribution in [1.29, 1.82) is 0 Å². The maximum absolute atomic E-state index is 8.93. The minimum Gasteiger partial charge on any atom is -0.543 e. The van der Waals surface area contributed by atoms with E-state index in [0.29, 0.717) is 0 Å². The van der Waals surface area contributed by atoms with Gasteiger partial charge in [0.05, 0.1) is 11.9 Å². The molecule has 0 aliphatic carbocycles. The van der Waals surface area contributed by atoms with E-state index in [-0.39, 0.29) is 68.5 Å². The van der Waals surface area contributed by atoms with Gasteiger partial charge in [-0.2, -0.15) is 0 Å². The van der Waals surface area contributed by atoms with Crippen LogP contribution in [0.25, 0.3) is 0 Å². The van der Waals surface area contributed by atoms with E-state index >= 15 is 0 Å². The molecule has 0 heterocycles. The monoisotopic (exact) mass is 183 g/mol. The van der Waals surface area contributed by atoms with Gasteiger partial charge in [0.15, 0.2) is 0 Å². The summed E-state index contributed by atoms with van der Waals surface area (Å²) in [6.45, 7) is 0. The third-order valence-electron chi connectivity index (χ3n) is 0.167. The fourth-order valence-electron chi connectivity index (χ4n) is 0. The summed E-state index contributed by atoms with van der Waals surface area (Å²) < 4.78 is 0. The van der Waals surface area contributed by atoms with Gasteiger partial charge in [0, 0.05) is 0 Å². The molecule has 0 saturated heterocycles. The van der Waals surface area contributed by atoms with Crippen molar-refractivity contribution >= 4 is 11.9 Å². The summed E-state index contributed by atoms with van der Waals surface area (Å²) in [5, 5.41) is 17.9. The van der Waals surface area contributed by atoms with Crippen molar-refractivity contribution in [3.8, 4) is 0 Å². The first-order valence-corrected chi connectivity index (χ1v) is 1.07. The average Bonchev–Trinajstić information content (AvgIpc) is 1.36. The Morgan fingerprint density at radius 3 is 1.12 bits per heavy atom. The summed E-state index contributed by atoms with van der Waals surface area (Å²) in [7, 11) is 0. The normalized spacial score (nSPS) is 5.50. The first-order valence-electron chi connectivity index (χ1n) is 1.07. The largest absolute Gasteiger partial charge is 2.00 e. The van der Waals surface area contributed by atoms with Crippen LogP contribution < -0.4 is 61.6 Å². The van der Waals surface area contributed by atoms with E-state index in [1.807, 2.05) is 0 Å². The molecule has 0 amide bonds. The number of carbonyl (C=O) groups is 2. The van der Waals surface area contributed by atoms with E-state index in [1.54, 1.807) is 0 Å². The third kappa shape index (κ3) is 10.2. The molecule has 0 radical (unpaired) electrons. The Hall–Kier alpha value is 1.10. The number of aliphatic carboxylic acids is 2. The predicted octanol–water partition coefficient (Wildman–Crippen LogP) is -6.51. The molecule has 0 N–H and O–H groups in total. The molecular weight excluding hydrogens is 183 g/mol. The van der Waals surface area contributed by atoms with Gasteiger partial charge in [-0.05, 0) is 0 Å². The molecule has 40 valence electrons. The Morgan fingerprint density at radius 1 is 1.00 bits per heavy atom. The molecule has 4 nitrogen and oxygen atoms in total. The first kappa shape index (κ1) is 16.0. The second kappa shape index (κ2) is 8.10. The van der Waals surface area contributed by atoms with Gasteiger partial charge in [0.25, 0.3) is 0 Å². The van der Waals surface area contributed by atoms with Crippen LogP contribution in [0.2, 0.25) is 0 Å². The maximum atomic E-state index is 8.93. The Kier molecular flexibility index (Phi) is 16.2. The molecule has 0 spiro atoms. The van der Waals surface area contributed by atoms with Gasteiger partial charge in [-0.1, -0.05) is 0 Å². The Balaban J connectivity index is -0.000000125. The molecule has 0 unspecified atom stereocenters. The number of carboxylic acid groups (broad SMARTS) is 2. The van der Waals surface area contributed by atoms with Crippen molar-refractivity contribution in [3.63, 3.8) is 0 Å². The van der Waals surface area contributed by atoms with Crippen molar-refractivity contribution < 1.29 is 88.3 Å². The van der Waals surface area contributed by atoms with Crippen LogP contribution >= 0.6 is 0 Å². The summed E-state index contributed by atoms with van der Waals surface area (Å²) in [6, 6.07) is 0. The van der Waals surface area contributed by atoms with Gasteiger partial charge >= 0.3 is 68.5 Å². The molecule has 0 aliphatic rings. The van der Waals surface area contributed by atoms with E-state index in [4.69, 9.17) is 19.8 Å². The van der Waals surface area contributed by atoms with E-state index in [2.05, 4.69) is 0 Å². The van der Waals surface area contributed by atoms with Gasteiger partial charge in [0.2, 0.25) is 0 Å². The summed E-state index contributed by atoms with van der Waals surface area (Å²) in [5.74, 6) is -4.37. The molecule has 0 bridgehead atoms. The first-order chi connectivity index (χ1) is 2.64. The Labute approximate surface area is 98.5 Å². The molecule has 0 fully saturated rings. The van der Waals surface area contributed by atoms with Crippen LogP contribution in [0.5, 0.6) is 0 Å². The quantitative estimate of drug-likeness (QED) is 0.276. The van der Waals surface area contributed by atoms with Crippen LogP contribution in [0.15, 0.2) is 0 Å². The summed E-state index contributed by atoms with van der Waals surface area (Å²) in [4.78, 5) is 17.9. The minimum atomic E-state index is -2.19. The van der Waals surface area contributed by atoms with E-state index in [9.17, 15) is 0 Å². The molecule has 6 heteroatoms. The summed E-state index contributed by atoms with van der Waals surface area (Å²) >= 11 is 0. The third-order valence-corrected chi connectivity index (χ3v) is 0.167. The van der Waals surface area contributed by atoms with E-state index < -0.39 is 11.9 Å². The average molecular weight is 183 g/mol. The van der Waals surface area contributed by atoms with Gasteiger partial charge < -0.3 is 19.8 Å². The smallest absolute Gasteiger partial charge is 0.543 e. The van der Waals surface area contributed by atoms with Crippen LogP contribution in [-0.2, 0) is 26.7 Å². The summed E-state index contributed by atoms with van der Waals surface area (Å²) in [5.41, 5.74) is 0. The molecule has 0 saturated carbocycles. The second-order valence-corrected chi connectivity index (χ2v) is 0.575. The molecule has 0 aromatic rings. The molecule has 0 aromatic carbocycles. The molecule has 8 heavy (non-hydrogen) atoms. The SMILES string of the molecule is O=C([O-])C(=O)[O-].[Fe+2].[K+]. The van der Waals surface area contributed by atoms with Gasteiger partial charge in [0.1, 0.15) is 0 Å². The molecule has 0 atom stereocenters. The van der Waals surface area contributed by atoms with Crippen molar-refractivity contribution in [1.82, 2.24) is 0 Å². The van der Waals surface area contributed by atoms with Crippen LogP contribution in [0.3, 0.4) is 0 Å². The van der Waals surface area contributed by atoms with Crippen molar-refractivity contribution in [3.05, 3.63) is 0 Å². The van der Waals surface area contributed by atoms with E-state index in [1.165, 1.54) is 0 Å². The standard InChI is InChI=1S/C2H2O4.Fe.K/c3-1(4)2(5)6;;/h(H,3,4)(H,5,6);;/q;+2;+1/p-2.